The molecule has 1 N–H and O–H groups in total. The molecule has 1 fully saturated rings. The number of aromatic nitrogens is 4. The van der Waals surface area contributed by atoms with E-state index in [1.807, 2.05) is 34.9 Å². The van der Waals surface area contributed by atoms with Gasteiger partial charge >= 0.3 is 5.69 Å². The van der Waals surface area contributed by atoms with Crippen LogP contribution in [0, 0.1) is 0 Å². The van der Waals surface area contributed by atoms with Crippen LogP contribution < -0.4 is 5.69 Å². The van der Waals surface area contributed by atoms with Gasteiger partial charge in [0.2, 0.25) is 10.0 Å². The van der Waals surface area contributed by atoms with E-state index in [0.29, 0.717) is 12.1 Å². The number of imidazole rings is 2. The first-order chi connectivity index (χ1) is 16.3. The number of rotatable bonds is 6. The fraction of sp³-hybridized carbons (Fsp3) is 0.417. The zero-order chi connectivity index (χ0) is 24.0. The molecule has 2 aromatic carbocycles. The molecule has 0 radical (unpaired) electrons. The van der Waals surface area contributed by atoms with Gasteiger partial charge in [-0.25, -0.2) is 22.5 Å². The first-order valence-electron chi connectivity index (χ1n) is 11.6. The van der Waals surface area contributed by atoms with Crippen LogP contribution in [0.4, 0.5) is 0 Å². The summed E-state index contributed by atoms with van der Waals surface area (Å²) in [6.45, 7) is 5.25. The normalized spacial score (nSPS) is 16.2. The minimum absolute atomic E-state index is 0.0455. The SMILES string of the molecule is CCn1c(CN2CCC(n3c(=O)[nH]c4ccccc43)CC2)nc2cc(S(=O)(=O)N(C)C)ccc21. The molecule has 4 aromatic rings. The molecule has 1 aliphatic rings. The molecule has 0 amide bonds. The highest BCUT2D eigenvalue weighted by Crippen LogP contribution is 2.27. The number of aromatic amines is 1. The van der Waals surface area contributed by atoms with E-state index in [9.17, 15) is 13.2 Å². The molecule has 10 heteroatoms. The molecule has 0 saturated carbocycles. The van der Waals surface area contributed by atoms with E-state index in [-0.39, 0.29) is 16.6 Å². The number of benzene rings is 2. The maximum absolute atomic E-state index is 12.6. The van der Waals surface area contributed by atoms with Gasteiger partial charge in [0.15, 0.2) is 0 Å². The summed E-state index contributed by atoms with van der Waals surface area (Å²) in [7, 11) is -0.447. The number of H-pyrrole nitrogens is 1. The molecule has 2 aromatic heterocycles. The third-order valence-electron chi connectivity index (χ3n) is 6.80. The number of fused-ring (bicyclic) bond motifs is 2. The van der Waals surface area contributed by atoms with E-state index in [1.54, 1.807) is 12.1 Å². The van der Waals surface area contributed by atoms with E-state index in [2.05, 4.69) is 21.4 Å². The van der Waals surface area contributed by atoms with Crippen molar-refractivity contribution in [3.63, 3.8) is 0 Å². The van der Waals surface area contributed by atoms with Gasteiger partial charge in [0.1, 0.15) is 5.82 Å². The number of para-hydroxylation sites is 2. The highest BCUT2D eigenvalue weighted by molar-refractivity contribution is 7.89. The number of hydrogen-bond donors (Lipinski definition) is 1. The van der Waals surface area contributed by atoms with Crippen molar-refractivity contribution in [3.8, 4) is 0 Å². The molecule has 0 unspecified atom stereocenters. The van der Waals surface area contributed by atoms with Crippen molar-refractivity contribution in [3.05, 3.63) is 58.8 Å². The number of nitrogens with zero attached hydrogens (tertiary/aromatic N) is 5. The van der Waals surface area contributed by atoms with Crippen molar-refractivity contribution >= 4 is 32.1 Å². The molecular formula is C24H30N6O3S. The number of likely N-dealkylation sites (tertiary alicyclic amines) is 1. The van der Waals surface area contributed by atoms with Gasteiger partial charge in [-0.1, -0.05) is 12.1 Å². The molecule has 1 saturated heterocycles. The topological polar surface area (TPSA) is 96.2 Å². The molecule has 34 heavy (non-hydrogen) atoms. The summed E-state index contributed by atoms with van der Waals surface area (Å²) in [5, 5.41) is 0. The minimum atomic E-state index is -3.51. The van der Waals surface area contributed by atoms with Crippen molar-refractivity contribution in [2.24, 2.45) is 0 Å². The summed E-state index contributed by atoms with van der Waals surface area (Å²) in [4.78, 5) is 23.0. The lowest BCUT2D eigenvalue weighted by Gasteiger charge is -2.32. The van der Waals surface area contributed by atoms with Crippen LogP contribution in [-0.2, 0) is 23.1 Å². The molecule has 0 bridgehead atoms. The van der Waals surface area contributed by atoms with Gasteiger partial charge in [-0.3, -0.25) is 9.47 Å². The quantitative estimate of drug-likeness (QED) is 0.456. The van der Waals surface area contributed by atoms with Crippen LogP contribution in [0.5, 0.6) is 0 Å². The Morgan fingerprint density at radius 1 is 1.09 bits per heavy atom. The van der Waals surface area contributed by atoms with Crippen molar-refractivity contribution in [2.75, 3.05) is 27.2 Å². The number of nitrogens with one attached hydrogen (secondary N) is 1. The molecule has 0 atom stereocenters. The van der Waals surface area contributed by atoms with Gasteiger partial charge < -0.3 is 9.55 Å². The van der Waals surface area contributed by atoms with Gasteiger partial charge in [0.25, 0.3) is 0 Å². The summed E-state index contributed by atoms with van der Waals surface area (Å²) >= 11 is 0. The summed E-state index contributed by atoms with van der Waals surface area (Å²) in [5.41, 5.74) is 3.43. The average molecular weight is 483 g/mol. The first kappa shape index (κ1) is 22.8. The molecule has 3 heterocycles. The number of aryl methyl sites for hydroxylation is 1. The van der Waals surface area contributed by atoms with Gasteiger partial charge in [0, 0.05) is 39.8 Å². The number of piperidine rings is 1. The smallest absolute Gasteiger partial charge is 0.326 e. The van der Waals surface area contributed by atoms with Crippen LogP contribution in [0.15, 0.2) is 52.2 Å². The summed E-state index contributed by atoms with van der Waals surface area (Å²) in [6.07, 6.45) is 1.78. The highest BCUT2D eigenvalue weighted by atomic mass is 32.2. The number of hydrogen-bond acceptors (Lipinski definition) is 5. The lowest BCUT2D eigenvalue weighted by Crippen LogP contribution is -2.37. The van der Waals surface area contributed by atoms with Crippen LogP contribution in [0.2, 0.25) is 0 Å². The van der Waals surface area contributed by atoms with Crippen LogP contribution in [0.1, 0.15) is 31.6 Å². The van der Waals surface area contributed by atoms with Crippen molar-refractivity contribution in [1.82, 2.24) is 28.3 Å². The second-order valence-electron chi connectivity index (χ2n) is 9.03. The maximum atomic E-state index is 12.6. The number of sulfonamides is 1. The average Bonchev–Trinajstić information content (AvgIpc) is 3.34. The minimum Gasteiger partial charge on any atom is -0.327 e. The van der Waals surface area contributed by atoms with Gasteiger partial charge in [0.05, 0.1) is 33.5 Å². The van der Waals surface area contributed by atoms with Crippen molar-refractivity contribution < 1.29 is 8.42 Å². The lowest BCUT2D eigenvalue weighted by atomic mass is 10.0. The van der Waals surface area contributed by atoms with Gasteiger partial charge in [-0.15, -0.1) is 0 Å². The van der Waals surface area contributed by atoms with E-state index >= 15 is 0 Å². The summed E-state index contributed by atoms with van der Waals surface area (Å²) in [5.74, 6) is 0.930. The second-order valence-corrected chi connectivity index (χ2v) is 11.2. The molecule has 9 nitrogen and oxygen atoms in total. The Balaban J connectivity index is 1.36. The standard InChI is InChI=1S/C24H30N6O3S/c1-4-29-21-10-9-18(34(32,33)27(2)3)15-20(21)25-23(29)16-28-13-11-17(12-14-28)30-22-8-6-5-7-19(22)26-24(30)31/h5-10,15,17H,4,11-14,16H2,1-3H3,(H,26,31). The Morgan fingerprint density at radius 3 is 2.53 bits per heavy atom. The Morgan fingerprint density at radius 2 is 1.82 bits per heavy atom. The zero-order valence-corrected chi connectivity index (χ0v) is 20.5. The molecular weight excluding hydrogens is 452 g/mol. The van der Waals surface area contributed by atoms with Crippen molar-refractivity contribution in [2.45, 2.75) is 43.8 Å². The Bertz CT molecular complexity index is 1510. The Kier molecular flexibility index (Phi) is 5.83. The molecule has 0 spiro atoms. The largest absolute Gasteiger partial charge is 0.327 e. The lowest BCUT2D eigenvalue weighted by molar-refractivity contribution is 0.175. The highest BCUT2D eigenvalue weighted by Gasteiger charge is 2.25. The predicted molar refractivity (Wildman–Crippen MR) is 132 cm³/mol. The monoisotopic (exact) mass is 482 g/mol. The van der Waals surface area contributed by atoms with Crippen LogP contribution in [0.25, 0.3) is 22.1 Å². The fourth-order valence-corrected chi connectivity index (χ4v) is 5.90. The molecule has 0 aliphatic carbocycles. The van der Waals surface area contributed by atoms with E-state index in [1.165, 1.54) is 18.4 Å². The molecule has 1 aliphatic heterocycles. The molecule has 5 rings (SSSR count). The second kappa shape index (κ2) is 8.68. The summed E-state index contributed by atoms with van der Waals surface area (Å²) < 4.78 is 30.4. The van der Waals surface area contributed by atoms with Crippen molar-refractivity contribution in [1.29, 1.82) is 0 Å². The van der Waals surface area contributed by atoms with E-state index in [0.717, 1.165) is 54.9 Å². The third-order valence-corrected chi connectivity index (χ3v) is 8.62. The van der Waals surface area contributed by atoms with Gasteiger partial charge in [-0.2, -0.15) is 0 Å². The third kappa shape index (κ3) is 3.85. The maximum Gasteiger partial charge on any atom is 0.326 e. The summed E-state index contributed by atoms with van der Waals surface area (Å²) in [6, 6.07) is 13.2. The zero-order valence-electron chi connectivity index (χ0n) is 19.7. The van der Waals surface area contributed by atoms with Crippen LogP contribution in [0.3, 0.4) is 0 Å². The first-order valence-corrected chi connectivity index (χ1v) is 13.1. The van der Waals surface area contributed by atoms with E-state index < -0.39 is 10.0 Å². The fourth-order valence-electron chi connectivity index (χ4n) is 4.98. The predicted octanol–water partition coefficient (Wildman–Crippen LogP) is 2.79. The molecule has 180 valence electrons. The Labute approximate surface area is 198 Å². The van der Waals surface area contributed by atoms with Gasteiger partial charge in [-0.05, 0) is 50.1 Å². The van der Waals surface area contributed by atoms with Crippen LogP contribution in [-0.4, -0.2) is 63.9 Å². The Hall–Kier alpha value is -2.95. The van der Waals surface area contributed by atoms with E-state index in [4.69, 9.17) is 4.98 Å². The van der Waals surface area contributed by atoms with Crippen LogP contribution >= 0.6 is 0 Å².